The standard InChI is InChI=1S/C42H81N2O12P.2ClH/c1-5-7-9-11-13-15-17-19-21-23-25-27-39(45)51-31-37(55-40(46)28-26-24-22-20-18-16-14-12-10-8-6-2)33-53-57(49,50)54-34-38(56-42(48)30-36(4)44)32-52-41(47)29-35(3)43;;/h35-38H,5-34,43-44H2,1-4H3,(H,49,50);2*1H/t35-,36-,37+,38?;;/m0../s1. The summed E-state index contributed by atoms with van der Waals surface area (Å²) >= 11 is 0. The molecule has 0 radical (unpaired) electrons. The van der Waals surface area contributed by atoms with E-state index in [1.807, 2.05) is 0 Å². The van der Waals surface area contributed by atoms with Crippen LogP contribution in [0, 0.1) is 0 Å². The van der Waals surface area contributed by atoms with Gasteiger partial charge in [0.25, 0.3) is 0 Å². The first-order chi connectivity index (χ1) is 27.3. The third-order valence-electron chi connectivity index (χ3n) is 9.25. The molecule has 0 bridgehead atoms. The predicted octanol–water partition coefficient (Wildman–Crippen LogP) is 9.75. The van der Waals surface area contributed by atoms with Gasteiger partial charge in [-0.1, -0.05) is 142 Å². The molecule has 0 spiro atoms. The quantitative estimate of drug-likeness (QED) is 0.0226. The molecule has 0 heterocycles. The van der Waals surface area contributed by atoms with Crippen LogP contribution in [0.2, 0.25) is 0 Å². The lowest BCUT2D eigenvalue weighted by molar-refractivity contribution is -0.162. The summed E-state index contributed by atoms with van der Waals surface area (Å²) in [4.78, 5) is 60.1. The van der Waals surface area contributed by atoms with Crippen LogP contribution in [0.15, 0.2) is 0 Å². The van der Waals surface area contributed by atoms with Crippen molar-refractivity contribution in [1.29, 1.82) is 0 Å². The van der Waals surface area contributed by atoms with Crippen molar-refractivity contribution in [2.45, 2.75) is 219 Å². The third-order valence-corrected chi connectivity index (χ3v) is 10.2. The number of ether oxygens (including phenoxy) is 4. The van der Waals surface area contributed by atoms with Crippen molar-refractivity contribution in [1.82, 2.24) is 0 Å². The van der Waals surface area contributed by atoms with Gasteiger partial charge in [-0.3, -0.25) is 28.2 Å². The second-order valence-electron chi connectivity index (χ2n) is 15.6. The summed E-state index contributed by atoms with van der Waals surface area (Å²) in [6.07, 6.45) is 22.7. The smallest absolute Gasteiger partial charge is 0.462 e. The molecule has 0 saturated carbocycles. The minimum Gasteiger partial charge on any atom is -0.462 e. The first-order valence-corrected chi connectivity index (χ1v) is 23.6. The largest absolute Gasteiger partial charge is 0.472 e. The Morgan fingerprint density at radius 2 is 0.780 bits per heavy atom. The highest BCUT2D eigenvalue weighted by molar-refractivity contribution is 7.47. The second-order valence-corrected chi connectivity index (χ2v) is 17.0. The summed E-state index contributed by atoms with van der Waals surface area (Å²) < 4.78 is 44.4. The van der Waals surface area contributed by atoms with Crippen LogP contribution in [-0.2, 0) is 51.7 Å². The minimum atomic E-state index is -4.83. The van der Waals surface area contributed by atoms with Gasteiger partial charge in [-0.05, 0) is 26.7 Å². The Morgan fingerprint density at radius 1 is 0.475 bits per heavy atom. The molecule has 17 heteroatoms. The van der Waals surface area contributed by atoms with Gasteiger partial charge in [0.05, 0.1) is 26.1 Å². The van der Waals surface area contributed by atoms with Crippen LogP contribution in [0.4, 0.5) is 0 Å². The monoisotopic (exact) mass is 909 g/mol. The average Bonchev–Trinajstić information content (AvgIpc) is 3.14. The number of nitrogens with two attached hydrogens (primary N) is 2. The molecule has 0 rings (SSSR count). The second kappa shape index (κ2) is 41.8. The molecule has 0 aromatic rings. The molecule has 59 heavy (non-hydrogen) atoms. The summed E-state index contributed by atoms with van der Waals surface area (Å²) in [6.45, 7) is 5.54. The Morgan fingerprint density at radius 3 is 1.15 bits per heavy atom. The molecule has 2 unspecified atom stereocenters. The molecule has 352 valence electrons. The zero-order chi connectivity index (χ0) is 42.6. The lowest BCUT2D eigenvalue weighted by Crippen LogP contribution is -2.33. The molecule has 0 saturated heterocycles. The van der Waals surface area contributed by atoms with Gasteiger partial charge in [-0.25, -0.2) is 4.57 Å². The van der Waals surface area contributed by atoms with Gasteiger partial charge in [-0.15, -0.1) is 24.8 Å². The normalized spacial score (nSPS) is 14.1. The van der Waals surface area contributed by atoms with Gasteiger partial charge >= 0.3 is 31.7 Å². The van der Waals surface area contributed by atoms with E-state index in [9.17, 15) is 28.6 Å². The van der Waals surface area contributed by atoms with Crippen molar-refractivity contribution in [3.63, 3.8) is 0 Å². The molecular weight excluding hydrogens is 826 g/mol. The van der Waals surface area contributed by atoms with E-state index in [0.29, 0.717) is 12.8 Å². The summed E-state index contributed by atoms with van der Waals surface area (Å²) in [5, 5.41) is 0. The van der Waals surface area contributed by atoms with Gasteiger partial charge in [0, 0.05) is 24.9 Å². The maximum absolute atomic E-state index is 12.9. The lowest BCUT2D eigenvalue weighted by atomic mass is 10.1. The maximum atomic E-state index is 12.9. The van der Waals surface area contributed by atoms with Gasteiger partial charge in [0.2, 0.25) is 0 Å². The van der Waals surface area contributed by atoms with Crippen molar-refractivity contribution in [2.75, 3.05) is 26.4 Å². The zero-order valence-electron chi connectivity index (χ0n) is 36.9. The summed E-state index contributed by atoms with van der Waals surface area (Å²) in [7, 11) is -4.83. The number of carbonyl (C=O) groups is 4. The fourth-order valence-electron chi connectivity index (χ4n) is 6.00. The molecule has 5 N–H and O–H groups in total. The van der Waals surface area contributed by atoms with Crippen LogP contribution < -0.4 is 11.5 Å². The van der Waals surface area contributed by atoms with Crippen LogP contribution >= 0.6 is 32.6 Å². The van der Waals surface area contributed by atoms with Crippen molar-refractivity contribution >= 4 is 56.5 Å². The number of carbonyl (C=O) groups excluding carboxylic acids is 4. The third kappa shape index (κ3) is 43.0. The first-order valence-electron chi connectivity index (χ1n) is 22.1. The highest BCUT2D eigenvalue weighted by atomic mass is 35.5. The molecule has 0 aliphatic rings. The number of phosphoric ester groups is 1. The van der Waals surface area contributed by atoms with E-state index in [2.05, 4.69) is 13.8 Å². The van der Waals surface area contributed by atoms with Crippen molar-refractivity contribution in [3.8, 4) is 0 Å². The molecule has 0 aromatic heterocycles. The Kier molecular flexibility index (Phi) is 43.8. The molecule has 14 nitrogen and oxygen atoms in total. The highest BCUT2D eigenvalue weighted by Gasteiger charge is 2.29. The van der Waals surface area contributed by atoms with E-state index in [1.165, 1.54) is 89.9 Å². The summed E-state index contributed by atoms with van der Waals surface area (Å²) in [5.41, 5.74) is 11.3. The number of esters is 4. The number of halogens is 2. The lowest BCUT2D eigenvalue weighted by Gasteiger charge is -2.22. The van der Waals surface area contributed by atoms with Crippen LogP contribution in [0.25, 0.3) is 0 Å². The average molecular weight is 910 g/mol. The number of rotatable bonds is 40. The van der Waals surface area contributed by atoms with E-state index < -0.39 is 75.8 Å². The Balaban J connectivity index is -0.0000157. The molecule has 0 fully saturated rings. The van der Waals surface area contributed by atoms with Crippen molar-refractivity contribution in [2.24, 2.45) is 11.5 Å². The number of phosphoric acid groups is 1. The summed E-state index contributed by atoms with van der Waals surface area (Å²) in [6, 6.07) is -0.986. The van der Waals surface area contributed by atoms with Gasteiger partial charge in [0.15, 0.2) is 12.2 Å². The Bertz CT molecular complexity index is 1090. The fourth-order valence-corrected chi connectivity index (χ4v) is 6.78. The topological polar surface area (TPSA) is 213 Å². The molecule has 0 amide bonds. The van der Waals surface area contributed by atoms with E-state index in [4.69, 9.17) is 39.5 Å². The van der Waals surface area contributed by atoms with Crippen LogP contribution in [0.1, 0.15) is 195 Å². The number of unbranched alkanes of at least 4 members (excludes halogenated alkanes) is 20. The Labute approximate surface area is 368 Å². The van der Waals surface area contributed by atoms with Gasteiger partial charge in [0.1, 0.15) is 13.2 Å². The fraction of sp³-hybridized carbons (Fsp3) is 0.905. The highest BCUT2D eigenvalue weighted by Crippen LogP contribution is 2.43. The first kappa shape index (κ1) is 61.8. The Hall–Kier alpha value is -1.51. The molecule has 0 aromatic carbocycles. The van der Waals surface area contributed by atoms with Crippen molar-refractivity contribution in [3.05, 3.63) is 0 Å². The maximum Gasteiger partial charge on any atom is 0.472 e. The number of hydrogen-bond acceptors (Lipinski definition) is 13. The zero-order valence-corrected chi connectivity index (χ0v) is 39.4. The van der Waals surface area contributed by atoms with Crippen LogP contribution in [0.3, 0.4) is 0 Å². The molecular formula is C42H83Cl2N2O12P. The van der Waals surface area contributed by atoms with E-state index in [1.54, 1.807) is 13.8 Å². The van der Waals surface area contributed by atoms with E-state index >= 15 is 0 Å². The predicted molar refractivity (Wildman–Crippen MR) is 237 cm³/mol. The van der Waals surface area contributed by atoms with E-state index in [-0.39, 0.29) is 57.1 Å². The summed E-state index contributed by atoms with van der Waals surface area (Å²) in [5.74, 6) is -2.38. The van der Waals surface area contributed by atoms with Crippen LogP contribution in [0.5, 0.6) is 0 Å². The van der Waals surface area contributed by atoms with E-state index in [0.717, 1.165) is 38.5 Å². The molecule has 0 aliphatic heterocycles. The van der Waals surface area contributed by atoms with Gasteiger partial charge in [-0.2, -0.15) is 0 Å². The SMILES string of the molecule is CCCCCCCCCCCCCC(=O)OC[C@H](COP(=O)(O)OCC(COC(=O)C[C@H](C)N)OC(=O)C[C@H](C)N)OC(=O)CCCCCCCCCCCCC.Cl.Cl. The minimum absolute atomic E-state index is 0. The molecule has 0 aliphatic carbocycles. The molecule has 5 atom stereocenters. The van der Waals surface area contributed by atoms with Crippen LogP contribution in [-0.4, -0.2) is 79.5 Å². The van der Waals surface area contributed by atoms with Crippen molar-refractivity contribution < 1.29 is 56.6 Å². The van der Waals surface area contributed by atoms with Gasteiger partial charge < -0.3 is 35.3 Å². The number of hydrogen-bond donors (Lipinski definition) is 3.